The molecule has 0 spiro atoms. The second-order valence-electron chi connectivity index (χ2n) is 6.87. The van der Waals surface area contributed by atoms with Gasteiger partial charge in [0.2, 0.25) is 10.0 Å². The fourth-order valence-corrected chi connectivity index (χ4v) is 5.14. The van der Waals surface area contributed by atoms with Gasteiger partial charge >= 0.3 is 0 Å². The van der Waals surface area contributed by atoms with Gasteiger partial charge in [-0.2, -0.15) is 9.40 Å². The number of hydrogen-bond donors (Lipinski definition) is 1. The number of hydrogen-bond acceptors (Lipinski definition) is 4. The molecule has 136 valence electrons. The molecule has 0 unspecified atom stereocenters. The zero-order chi connectivity index (χ0) is 18.2. The Morgan fingerprint density at radius 2 is 1.76 bits per heavy atom. The van der Waals surface area contributed by atoms with E-state index in [2.05, 4.69) is 47.1 Å². The molecule has 0 aliphatic carbocycles. The van der Waals surface area contributed by atoms with Gasteiger partial charge < -0.3 is 0 Å². The smallest absolute Gasteiger partial charge is 0.246 e. The van der Waals surface area contributed by atoms with Crippen LogP contribution >= 0.6 is 0 Å². The first-order chi connectivity index (χ1) is 11.8. The van der Waals surface area contributed by atoms with Gasteiger partial charge in [-0.15, -0.1) is 0 Å². The molecule has 25 heavy (non-hydrogen) atoms. The molecule has 6 nitrogen and oxygen atoms in total. The number of rotatable bonds is 4. The number of aryl methyl sites for hydroxylation is 4. The highest BCUT2D eigenvalue weighted by Crippen LogP contribution is 2.23. The largest absolute Gasteiger partial charge is 0.296 e. The van der Waals surface area contributed by atoms with E-state index in [1.807, 2.05) is 0 Å². The Labute approximate surface area is 149 Å². The van der Waals surface area contributed by atoms with Crippen molar-refractivity contribution in [1.29, 1.82) is 0 Å². The lowest BCUT2D eigenvalue weighted by molar-refractivity contribution is 0.181. The maximum atomic E-state index is 12.9. The maximum Gasteiger partial charge on any atom is 0.246 e. The molecule has 3 rings (SSSR count). The molecule has 1 aromatic heterocycles. The fraction of sp³-hybridized carbons (Fsp3) is 0.500. The van der Waals surface area contributed by atoms with Crippen molar-refractivity contribution in [3.05, 3.63) is 46.3 Å². The zero-order valence-corrected chi connectivity index (χ0v) is 16.2. The maximum absolute atomic E-state index is 12.9. The topological polar surface area (TPSA) is 69.3 Å². The van der Waals surface area contributed by atoms with E-state index in [4.69, 9.17) is 0 Å². The summed E-state index contributed by atoms with van der Waals surface area (Å²) in [5.74, 6) is 0. The summed E-state index contributed by atoms with van der Waals surface area (Å²) in [6, 6.07) is 6.49. The summed E-state index contributed by atoms with van der Waals surface area (Å²) in [7, 11) is -3.48. The number of nitrogens with zero attached hydrogens (tertiary/aromatic N) is 3. The first kappa shape index (κ1) is 18.1. The van der Waals surface area contributed by atoms with Crippen molar-refractivity contribution >= 4 is 10.0 Å². The highest BCUT2D eigenvalue weighted by molar-refractivity contribution is 7.89. The van der Waals surface area contributed by atoms with Crippen LogP contribution in [0.1, 0.15) is 28.1 Å². The van der Waals surface area contributed by atoms with Gasteiger partial charge in [0.15, 0.2) is 0 Å². The van der Waals surface area contributed by atoms with Crippen LogP contribution in [0.25, 0.3) is 0 Å². The second-order valence-corrected chi connectivity index (χ2v) is 8.75. The molecular formula is C18H26N4O2S. The summed E-state index contributed by atoms with van der Waals surface area (Å²) in [6.07, 6.45) is 0. The minimum atomic E-state index is -3.48. The highest BCUT2D eigenvalue weighted by atomic mass is 32.2. The van der Waals surface area contributed by atoms with Gasteiger partial charge in [-0.1, -0.05) is 23.8 Å². The Morgan fingerprint density at radius 3 is 2.36 bits per heavy atom. The predicted molar refractivity (Wildman–Crippen MR) is 98.0 cm³/mol. The van der Waals surface area contributed by atoms with Gasteiger partial charge in [-0.25, -0.2) is 8.42 Å². The van der Waals surface area contributed by atoms with Gasteiger partial charge in [0.05, 0.1) is 11.4 Å². The third-order valence-corrected chi connectivity index (χ3v) is 7.05. The van der Waals surface area contributed by atoms with E-state index >= 15 is 0 Å². The first-order valence-corrected chi connectivity index (χ1v) is 10.0. The van der Waals surface area contributed by atoms with Crippen LogP contribution in [-0.4, -0.2) is 54.0 Å². The van der Waals surface area contributed by atoms with Crippen LogP contribution in [0.3, 0.4) is 0 Å². The molecule has 2 aromatic rings. The lowest BCUT2D eigenvalue weighted by atomic mass is 10.1. The summed E-state index contributed by atoms with van der Waals surface area (Å²) < 4.78 is 27.4. The van der Waals surface area contributed by atoms with Crippen LogP contribution in [0.5, 0.6) is 0 Å². The van der Waals surface area contributed by atoms with Crippen LogP contribution in [0.15, 0.2) is 23.1 Å². The van der Waals surface area contributed by atoms with Crippen molar-refractivity contribution in [1.82, 2.24) is 19.4 Å². The van der Waals surface area contributed by atoms with Gasteiger partial charge in [0, 0.05) is 32.7 Å². The molecule has 1 aliphatic heterocycles. The summed E-state index contributed by atoms with van der Waals surface area (Å²) in [6.45, 7) is 11.1. The third-order valence-electron chi connectivity index (χ3n) is 4.89. The quantitative estimate of drug-likeness (QED) is 0.905. The van der Waals surface area contributed by atoms with Crippen LogP contribution in [0, 0.1) is 27.7 Å². The summed E-state index contributed by atoms with van der Waals surface area (Å²) in [5.41, 5.74) is 5.00. The van der Waals surface area contributed by atoms with Crippen molar-refractivity contribution in [3.63, 3.8) is 0 Å². The van der Waals surface area contributed by atoms with E-state index in [1.54, 1.807) is 18.2 Å². The van der Waals surface area contributed by atoms with Crippen molar-refractivity contribution < 1.29 is 8.42 Å². The molecule has 0 amide bonds. The van der Waals surface area contributed by atoms with Crippen molar-refractivity contribution in [2.24, 2.45) is 0 Å². The van der Waals surface area contributed by atoms with E-state index in [9.17, 15) is 8.42 Å². The molecular weight excluding hydrogens is 336 g/mol. The molecule has 1 aliphatic rings. The lowest BCUT2D eigenvalue weighted by Gasteiger charge is -2.34. The fourth-order valence-electron chi connectivity index (χ4n) is 3.39. The Bertz CT molecular complexity index is 846. The average molecular weight is 362 g/mol. The van der Waals surface area contributed by atoms with E-state index < -0.39 is 10.0 Å². The summed E-state index contributed by atoms with van der Waals surface area (Å²) >= 11 is 0. The standard InChI is InChI=1S/C18H26N4O2S/c1-13-5-6-14(2)17(11-13)12-21-7-9-22(10-8-21)25(23,24)18-15(3)19-20-16(18)4/h5-6,11H,7-10,12H2,1-4H3,(H,19,20). The number of sulfonamides is 1. The van der Waals surface area contributed by atoms with Crippen molar-refractivity contribution in [3.8, 4) is 0 Å². The monoisotopic (exact) mass is 362 g/mol. The number of benzene rings is 1. The number of piperazine rings is 1. The van der Waals surface area contributed by atoms with E-state index in [-0.39, 0.29) is 0 Å². The van der Waals surface area contributed by atoms with Gasteiger partial charge in [-0.3, -0.25) is 10.00 Å². The molecule has 0 bridgehead atoms. The SMILES string of the molecule is Cc1ccc(C)c(CN2CCN(S(=O)(=O)c3c(C)n[nH]c3C)CC2)c1. The molecule has 0 radical (unpaired) electrons. The molecule has 1 aromatic carbocycles. The lowest BCUT2D eigenvalue weighted by Crippen LogP contribution is -2.48. The van der Waals surface area contributed by atoms with Gasteiger partial charge in [0.25, 0.3) is 0 Å². The zero-order valence-electron chi connectivity index (χ0n) is 15.3. The molecule has 1 saturated heterocycles. The number of nitrogens with one attached hydrogen (secondary N) is 1. The normalized spacial score (nSPS) is 17.1. The second kappa shape index (κ2) is 6.90. The minimum absolute atomic E-state index is 0.329. The van der Waals surface area contributed by atoms with Gasteiger partial charge in [0.1, 0.15) is 4.90 Å². The Balaban J connectivity index is 1.69. The Morgan fingerprint density at radius 1 is 1.08 bits per heavy atom. The van der Waals surface area contributed by atoms with E-state index in [0.29, 0.717) is 29.4 Å². The van der Waals surface area contributed by atoms with Crippen molar-refractivity contribution in [2.75, 3.05) is 26.2 Å². The first-order valence-electron chi connectivity index (χ1n) is 8.59. The molecule has 7 heteroatoms. The molecule has 1 N–H and O–H groups in total. The minimum Gasteiger partial charge on any atom is -0.296 e. The molecule has 0 atom stereocenters. The van der Waals surface area contributed by atoms with Crippen LogP contribution < -0.4 is 0 Å². The van der Waals surface area contributed by atoms with E-state index in [1.165, 1.54) is 16.7 Å². The number of H-pyrrole nitrogens is 1. The third kappa shape index (κ3) is 3.63. The van der Waals surface area contributed by atoms with Crippen LogP contribution in [-0.2, 0) is 16.6 Å². The number of aromatic nitrogens is 2. The average Bonchev–Trinajstić information content (AvgIpc) is 2.91. The van der Waals surface area contributed by atoms with Gasteiger partial charge in [-0.05, 0) is 38.8 Å². The van der Waals surface area contributed by atoms with Crippen LogP contribution in [0.2, 0.25) is 0 Å². The van der Waals surface area contributed by atoms with Crippen LogP contribution in [0.4, 0.5) is 0 Å². The van der Waals surface area contributed by atoms with E-state index in [0.717, 1.165) is 19.6 Å². The molecule has 1 fully saturated rings. The predicted octanol–water partition coefficient (Wildman–Crippen LogP) is 2.15. The summed E-state index contributed by atoms with van der Waals surface area (Å²) in [5, 5.41) is 6.79. The Hall–Kier alpha value is -1.70. The molecule has 0 saturated carbocycles. The number of aromatic amines is 1. The van der Waals surface area contributed by atoms with Crippen molar-refractivity contribution in [2.45, 2.75) is 39.1 Å². The molecule has 2 heterocycles. The highest BCUT2D eigenvalue weighted by Gasteiger charge is 2.32. The summed E-state index contributed by atoms with van der Waals surface area (Å²) in [4.78, 5) is 2.65. The Kier molecular flexibility index (Phi) is 4.99.